The first-order valence-corrected chi connectivity index (χ1v) is 6.63. The fourth-order valence-corrected chi connectivity index (χ4v) is 2.51. The lowest BCUT2D eigenvalue weighted by atomic mass is 9.96. The number of hydrogen-bond donors (Lipinski definition) is 2. The van der Waals surface area contributed by atoms with Crippen LogP contribution in [0, 0.1) is 17.6 Å². The highest BCUT2D eigenvalue weighted by Crippen LogP contribution is 2.24. The van der Waals surface area contributed by atoms with Gasteiger partial charge in [0.2, 0.25) is 5.91 Å². The smallest absolute Gasteiger partial charge is 0.308 e. The van der Waals surface area contributed by atoms with Crippen molar-refractivity contribution in [3.63, 3.8) is 0 Å². The highest BCUT2D eigenvalue weighted by Gasteiger charge is 2.32. The molecule has 0 spiro atoms. The Morgan fingerprint density at radius 1 is 1.33 bits per heavy atom. The SMILES string of the molecule is NC(C(=O)N1CCCC(C(=O)O)C1)c1c(F)cccc1F. The molecule has 7 heteroatoms. The molecule has 1 aliphatic heterocycles. The molecule has 2 unspecified atom stereocenters. The zero-order valence-electron chi connectivity index (χ0n) is 11.3. The summed E-state index contributed by atoms with van der Waals surface area (Å²) in [6.45, 7) is 0.352. The van der Waals surface area contributed by atoms with Gasteiger partial charge in [0.05, 0.1) is 5.92 Å². The average Bonchev–Trinajstić information content (AvgIpc) is 2.46. The Morgan fingerprint density at radius 3 is 2.52 bits per heavy atom. The fraction of sp³-hybridized carbons (Fsp3) is 0.429. The number of rotatable bonds is 3. The van der Waals surface area contributed by atoms with E-state index in [1.807, 2.05) is 0 Å². The Kier molecular flexibility index (Phi) is 4.52. The second-order valence-corrected chi connectivity index (χ2v) is 5.07. The minimum Gasteiger partial charge on any atom is -0.481 e. The zero-order valence-corrected chi connectivity index (χ0v) is 11.3. The number of hydrogen-bond acceptors (Lipinski definition) is 3. The maximum atomic E-state index is 13.6. The number of carbonyl (C=O) groups excluding carboxylic acids is 1. The minimum absolute atomic E-state index is 0.0118. The predicted octanol–water partition coefficient (Wildman–Crippen LogP) is 1.29. The van der Waals surface area contributed by atoms with Gasteiger partial charge in [0.1, 0.15) is 17.7 Å². The highest BCUT2D eigenvalue weighted by molar-refractivity contribution is 5.84. The second-order valence-electron chi connectivity index (χ2n) is 5.07. The molecule has 1 aliphatic rings. The molecular formula is C14H16F2N2O3. The molecule has 3 N–H and O–H groups in total. The molecule has 0 radical (unpaired) electrons. The third-order valence-electron chi connectivity index (χ3n) is 3.66. The first-order valence-electron chi connectivity index (χ1n) is 6.63. The third-order valence-corrected chi connectivity index (χ3v) is 3.66. The molecule has 1 saturated heterocycles. The Balaban J connectivity index is 2.17. The number of nitrogens with zero attached hydrogens (tertiary/aromatic N) is 1. The number of carboxylic acid groups (broad SMARTS) is 1. The summed E-state index contributed by atoms with van der Waals surface area (Å²) in [4.78, 5) is 24.5. The monoisotopic (exact) mass is 298 g/mol. The van der Waals surface area contributed by atoms with Gasteiger partial charge in [0.25, 0.3) is 0 Å². The quantitative estimate of drug-likeness (QED) is 0.880. The number of benzene rings is 1. The van der Waals surface area contributed by atoms with Crippen LogP contribution in [0.1, 0.15) is 24.4 Å². The van der Waals surface area contributed by atoms with Gasteiger partial charge in [-0.3, -0.25) is 9.59 Å². The molecule has 1 amide bonds. The van der Waals surface area contributed by atoms with Crippen molar-refractivity contribution < 1.29 is 23.5 Å². The molecule has 2 atom stereocenters. The van der Waals surface area contributed by atoms with Crippen molar-refractivity contribution in [2.45, 2.75) is 18.9 Å². The summed E-state index contributed by atoms with van der Waals surface area (Å²) in [5.74, 6) is -4.09. The van der Waals surface area contributed by atoms with Crippen LogP contribution >= 0.6 is 0 Å². The average molecular weight is 298 g/mol. The van der Waals surface area contributed by atoms with Crippen molar-refractivity contribution in [2.24, 2.45) is 11.7 Å². The molecule has 2 rings (SSSR count). The molecule has 1 aromatic rings. The van der Waals surface area contributed by atoms with Crippen LogP contribution in [-0.2, 0) is 9.59 Å². The Morgan fingerprint density at radius 2 is 1.95 bits per heavy atom. The molecule has 0 aliphatic carbocycles. The molecule has 114 valence electrons. The summed E-state index contributed by atoms with van der Waals surface area (Å²) < 4.78 is 27.3. The van der Waals surface area contributed by atoms with E-state index in [9.17, 15) is 18.4 Å². The number of halogens is 2. The molecular weight excluding hydrogens is 282 g/mol. The third kappa shape index (κ3) is 3.18. The topological polar surface area (TPSA) is 83.6 Å². The molecule has 1 heterocycles. The van der Waals surface area contributed by atoms with Crippen molar-refractivity contribution >= 4 is 11.9 Å². The zero-order chi connectivity index (χ0) is 15.6. The maximum Gasteiger partial charge on any atom is 0.308 e. The largest absolute Gasteiger partial charge is 0.481 e. The van der Waals surface area contributed by atoms with Crippen LogP contribution in [0.15, 0.2) is 18.2 Å². The van der Waals surface area contributed by atoms with Crippen LogP contribution in [-0.4, -0.2) is 35.0 Å². The summed E-state index contributed by atoms with van der Waals surface area (Å²) in [5, 5.41) is 8.99. The number of likely N-dealkylation sites (tertiary alicyclic amines) is 1. The minimum atomic E-state index is -1.47. The lowest BCUT2D eigenvalue weighted by Gasteiger charge is -2.32. The van der Waals surface area contributed by atoms with Gasteiger partial charge in [-0.15, -0.1) is 0 Å². The van der Waals surface area contributed by atoms with Crippen molar-refractivity contribution in [1.82, 2.24) is 4.90 Å². The highest BCUT2D eigenvalue weighted by atomic mass is 19.1. The Bertz CT molecular complexity index is 545. The molecule has 1 fully saturated rings. The lowest BCUT2D eigenvalue weighted by Crippen LogP contribution is -2.46. The standard InChI is InChI=1S/C14H16F2N2O3/c15-9-4-1-5-10(16)11(9)12(17)13(19)18-6-2-3-8(7-18)14(20)21/h1,4-5,8,12H,2-3,6-7,17H2,(H,20,21). The predicted molar refractivity (Wildman–Crippen MR) is 70.2 cm³/mol. The van der Waals surface area contributed by atoms with E-state index >= 15 is 0 Å². The second kappa shape index (κ2) is 6.17. The Hall–Kier alpha value is -2.02. The van der Waals surface area contributed by atoms with Gasteiger partial charge in [-0.2, -0.15) is 0 Å². The fourth-order valence-electron chi connectivity index (χ4n) is 2.51. The maximum absolute atomic E-state index is 13.6. The summed E-state index contributed by atoms with van der Waals surface area (Å²) in [6.07, 6.45) is 0.998. The number of nitrogens with two attached hydrogens (primary N) is 1. The van der Waals surface area contributed by atoms with Crippen LogP contribution in [0.5, 0.6) is 0 Å². The Labute approximate surface area is 120 Å². The first kappa shape index (κ1) is 15.4. The summed E-state index contributed by atoms with van der Waals surface area (Å²) in [5.41, 5.74) is 5.19. The van der Waals surface area contributed by atoms with E-state index in [1.165, 1.54) is 11.0 Å². The number of carboxylic acids is 1. The summed E-state index contributed by atoms with van der Waals surface area (Å²) in [7, 11) is 0. The van der Waals surface area contributed by atoms with E-state index in [-0.39, 0.29) is 6.54 Å². The van der Waals surface area contributed by atoms with Gasteiger partial charge in [-0.05, 0) is 25.0 Å². The summed E-state index contributed by atoms with van der Waals surface area (Å²) in [6, 6.07) is 1.77. The first-order chi connectivity index (χ1) is 9.91. The van der Waals surface area contributed by atoms with E-state index in [4.69, 9.17) is 10.8 Å². The van der Waals surface area contributed by atoms with E-state index in [0.29, 0.717) is 19.4 Å². The number of carbonyl (C=O) groups is 2. The van der Waals surface area contributed by atoms with Crippen molar-refractivity contribution in [1.29, 1.82) is 0 Å². The molecule has 1 aromatic carbocycles. The van der Waals surface area contributed by atoms with Crippen LogP contribution < -0.4 is 5.73 Å². The number of aliphatic carboxylic acids is 1. The van der Waals surface area contributed by atoms with Gasteiger partial charge >= 0.3 is 5.97 Å². The van der Waals surface area contributed by atoms with E-state index in [0.717, 1.165) is 12.1 Å². The number of amides is 1. The van der Waals surface area contributed by atoms with E-state index in [2.05, 4.69) is 0 Å². The van der Waals surface area contributed by atoms with Crippen molar-refractivity contribution in [3.05, 3.63) is 35.4 Å². The van der Waals surface area contributed by atoms with Gasteiger partial charge < -0.3 is 15.7 Å². The van der Waals surface area contributed by atoms with Gasteiger partial charge in [0, 0.05) is 18.7 Å². The summed E-state index contributed by atoms with van der Waals surface area (Å²) >= 11 is 0. The molecule has 0 aromatic heterocycles. The van der Waals surface area contributed by atoms with Crippen molar-refractivity contribution in [2.75, 3.05) is 13.1 Å². The number of piperidine rings is 1. The van der Waals surface area contributed by atoms with Crippen molar-refractivity contribution in [3.8, 4) is 0 Å². The molecule has 0 saturated carbocycles. The normalized spacial score (nSPS) is 20.1. The van der Waals surface area contributed by atoms with E-state index < -0.39 is 41.0 Å². The van der Waals surface area contributed by atoms with Crippen LogP contribution in [0.25, 0.3) is 0 Å². The van der Waals surface area contributed by atoms with Crippen LogP contribution in [0.4, 0.5) is 8.78 Å². The van der Waals surface area contributed by atoms with Crippen LogP contribution in [0.3, 0.4) is 0 Å². The molecule has 0 bridgehead atoms. The molecule has 21 heavy (non-hydrogen) atoms. The van der Waals surface area contributed by atoms with E-state index in [1.54, 1.807) is 0 Å². The van der Waals surface area contributed by atoms with Gasteiger partial charge in [-0.25, -0.2) is 8.78 Å². The van der Waals surface area contributed by atoms with Gasteiger partial charge in [-0.1, -0.05) is 6.07 Å². The lowest BCUT2D eigenvalue weighted by molar-refractivity contribution is -0.146. The molecule has 5 nitrogen and oxygen atoms in total. The van der Waals surface area contributed by atoms with Crippen LogP contribution in [0.2, 0.25) is 0 Å². The van der Waals surface area contributed by atoms with Gasteiger partial charge in [0.15, 0.2) is 0 Å².